The van der Waals surface area contributed by atoms with E-state index in [0.717, 1.165) is 12.0 Å². The lowest BCUT2D eigenvalue weighted by Gasteiger charge is -2.21. The van der Waals surface area contributed by atoms with E-state index in [1.165, 1.54) is 16.4 Å². The Labute approximate surface area is 149 Å². The molecule has 0 heterocycles. The molecule has 1 N–H and O–H groups in total. The first kappa shape index (κ1) is 19.1. The Bertz CT molecular complexity index is 804. The van der Waals surface area contributed by atoms with Gasteiger partial charge < -0.3 is 5.32 Å². The summed E-state index contributed by atoms with van der Waals surface area (Å²) >= 11 is 0. The molecule has 0 unspecified atom stereocenters. The van der Waals surface area contributed by atoms with Crippen molar-refractivity contribution in [2.75, 3.05) is 13.1 Å². The van der Waals surface area contributed by atoms with E-state index >= 15 is 0 Å². The van der Waals surface area contributed by atoms with Crippen LogP contribution in [0, 0.1) is 0 Å². The summed E-state index contributed by atoms with van der Waals surface area (Å²) in [6, 6.07) is 15.6. The molecule has 2 rings (SSSR count). The highest BCUT2D eigenvalue weighted by Gasteiger charge is 2.24. The molecule has 6 heteroatoms. The fourth-order valence-corrected chi connectivity index (χ4v) is 3.92. The van der Waals surface area contributed by atoms with Gasteiger partial charge in [-0.25, -0.2) is 8.42 Å². The summed E-state index contributed by atoms with van der Waals surface area (Å²) in [7, 11) is -3.67. The van der Waals surface area contributed by atoms with E-state index < -0.39 is 10.0 Å². The van der Waals surface area contributed by atoms with Crippen LogP contribution in [0.5, 0.6) is 0 Å². The number of sulfonamides is 1. The molecule has 0 saturated heterocycles. The van der Waals surface area contributed by atoms with Crippen LogP contribution in [0.4, 0.5) is 0 Å². The SMILES string of the molecule is CCCNC(=O)c1cccc(S(=O)(=O)N(CC)Cc2ccccc2)c1. The maximum atomic E-state index is 13.0. The van der Waals surface area contributed by atoms with Gasteiger partial charge in [-0.3, -0.25) is 4.79 Å². The zero-order chi connectivity index (χ0) is 18.3. The van der Waals surface area contributed by atoms with Crippen molar-refractivity contribution >= 4 is 15.9 Å². The molecule has 0 aromatic heterocycles. The van der Waals surface area contributed by atoms with Crippen LogP contribution in [0.3, 0.4) is 0 Å². The molecule has 0 atom stereocenters. The summed E-state index contributed by atoms with van der Waals surface area (Å²) in [5, 5.41) is 2.76. The van der Waals surface area contributed by atoms with E-state index in [0.29, 0.717) is 25.2 Å². The highest BCUT2D eigenvalue weighted by atomic mass is 32.2. The monoisotopic (exact) mass is 360 g/mol. The van der Waals surface area contributed by atoms with Gasteiger partial charge in [0.15, 0.2) is 0 Å². The number of amides is 1. The van der Waals surface area contributed by atoms with Gasteiger partial charge in [-0.2, -0.15) is 4.31 Å². The van der Waals surface area contributed by atoms with Gasteiger partial charge in [0.05, 0.1) is 4.90 Å². The third-order valence-electron chi connectivity index (χ3n) is 3.82. The Kier molecular flexibility index (Phi) is 6.73. The van der Waals surface area contributed by atoms with Gasteiger partial charge in [0, 0.05) is 25.2 Å². The average Bonchev–Trinajstić information content (AvgIpc) is 2.65. The molecule has 2 aromatic rings. The summed E-state index contributed by atoms with van der Waals surface area (Å²) in [6.45, 7) is 4.97. The molecule has 2 aromatic carbocycles. The predicted molar refractivity (Wildman–Crippen MR) is 98.8 cm³/mol. The molecule has 134 valence electrons. The van der Waals surface area contributed by atoms with Crippen molar-refractivity contribution in [2.24, 2.45) is 0 Å². The molecule has 0 spiro atoms. The molecule has 0 aliphatic carbocycles. The zero-order valence-corrected chi connectivity index (χ0v) is 15.4. The first-order valence-corrected chi connectivity index (χ1v) is 9.85. The van der Waals surface area contributed by atoms with E-state index in [9.17, 15) is 13.2 Å². The molecule has 1 amide bonds. The first-order valence-electron chi connectivity index (χ1n) is 8.41. The van der Waals surface area contributed by atoms with Crippen LogP contribution in [0.15, 0.2) is 59.5 Å². The summed E-state index contributed by atoms with van der Waals surface area (Å²) in [5.41, 5.74) is 1.27. The van der Waals surface area contributed by atoms with Crippen LogP contribution in [-0.2, 0) is 16.6 Å². The summed E-state index contributed by atoms with van der Waals surface area (Å²) in [5.74, 6) is -0.259. The molecule has 0 saturated carbocycles. The fraction of sp³-hybridized carbons (Fsp3) is 0.316. The Morgan fingerprint density at radius 3 is 2.40 bits per heavy atom. The summed E-state index contributed by atoms with van der Waals surface area (Å²) in [4.78, 5) is 12.2. The van der Waals surface area contributed by atoms with E-state index in [1.54, 1.807) is 19.1 Å². The quantitative estimate of drug-likeness (QED) is 0.787. The van der Waals surface area contributed by atoms with Gasteiger partial charge in [0.25, 0.3) is 5.91 Å². The normalized spacial score (nSPS) is 11.5. The number of hydrogen-bond donors (Lipinski definition) is 1. The second-order valence-electron chi connectivity index (χ2n) is 5.70. The number of nitrogens with one attached hydrogen (secondary N) is 1. The highest BCUT2D eigenvalue weighted by molar-refractivity contribution is 7.89. The number of carbonyl (C=O) groups is 1. The standard InChI is InChI=1S/C19H24N2O3S/c1-3-13-20-19(22)17-11-8-12-18(14-17)25(23,24)21(4-2)15-16-9-6-5-7-10-16/h5-12,14H,3-4,13,15H2,1-2H3,(H,20,22). The number of hydrogen-bond acceptors (Lipinski definition) is 3. The Balaban J connectivity index is 2.26. The molecule has 0 radical (unpaired) electrons. The van der Waals surface area contributed by atoms with Gasteiger partial charge >= 0.3 is 0 Å². The van der Waals surface area contributed by atoms with Crippen molar-refractivity contribution in [3.63, 3.8) is 0 Å². The van der Waals surface area contributed by atoms with Gasteiger partial charge in [-0.15, -0.1) is 0 Å². The molecular weight excluding hydrogens is 336 g/mol. The van der Waals surface area contributed by atoms with E-state index in [2.05, 4.69) is 5.32 Å². The number of rotatable bonds is 8. The van der Waals surface area contributed by atoms with Crippen molar-refractivity contribution < 1.29 is 13.2 Å². The predicted octanol–water partition coefficient (Wildman–Crippen LogP) is 3.04. The van der Waals surface area contributed by atoms with Gasteiger partial charge in [-0.1, -0.05) is 50.2 Å². The lowest BCUT2D eigenvalue weighted by atomic mass is 10.2. The number of nitrogens with zero attached hydrogens (tertiary/aromatic N) is 1. The third-order valence-corrected chi connectivity index (χ3v) is 5.74. The highest BCUT2D eigenvalue weighted by Crippen LogP contribution is 2.19. The van der Waals surface area contributed by atoms with Gasteiger partial charge in [0.2, 0.25) is 10.0 Å². The summed E-state index contributed by atoms with van der Waals surface area (Å²) < 4.78 is 27.3. The largest absolute Gasteiger partial charge is 0.352 e. The Morgan fingerprint density at radius 2 is 1.76 bits per heavy atom. The minimum absolute atomic E-state index is 0.134. The third kappa shape index (κ3) is 4.90. The minimum atomic E-state index is -3.67. The van der Waals surface area contributed by atoms with Crippen molar-refractivity contribution in [1.29, 1.82) is 0 Å². The second kappa shape index (κ2) is 8.78. The van der Waals surface area contributed by atoms with Crippen LogP contribution in [-0.4, -0.2) is 31.7 Å². The zero-order valence-electron chi connectivity index (χ0n) is 14.6. The molecule has 25 heavy (non-hydrogen) atoms. The summed E-state index contributed by atoms with van der Waals surface area (Å²) in [6.07, 6.45) is 0.824. The molecule has 0 fully saturated rings. The lowest BCUT2D eigenvalue weighted by Crippen LogP contribution is -2.31. The Hall–Kier alpha value is -2.18. The maximum absolute atomic E-state index is 13.0. The van der Waals surface area contributed by atoms with E-state index in [4.69, 9.17) is 0 Å². The van der Waals surface area contributed by atoms with Crippen molar-refractivity contribution in [3.8, 4) is 0 Å². The first-order chi connectivity index (χ1) is 12.0. The van der Waals surface area contributed by atoms with Crippen LogP contribution in [0.25, 0.3) is 0 Å². The molecule has 0 aliphatic rings. The average molecular weight is 360 g/mol. The van der Waals surface area contributed by atoms with Crippen LogP contribution in [0.1, 0.15) is 36.2 Å². The lowest BCUT2D eigenvalue weighted by molar-refractivity contribution is 0.0953. The maximum Gasteiger partial charge on any atom is 0.251 e. The van der Waals surface area contributed by atoms with Crippen LogP contribution >= 0.6 is 0 Å². The number of carbonyl (C=O) groups excluding carboxylic acids is 1. The van der Waals surface area contributed by atoms with Crippen LogP contribution < -0.4 is 5.32 Å². The molecular formula is C19H24N2O3S. The Morgan fingerprint density at radius 1 is 1.04 bits per heavy atom. The smallest absolute Gasteiger partial charge is 0.251 e. The molecule has 0 bridgehead atoms. The topological polar surface area (TPSA) is 66.5 Å². The number of benzene rings is 2. The van der Waals surface area contributed by atoms with Crippen molar-refractivity contribution in [3.05, 3.63) is 65.7 Å². The molecule has 5 nitrogen and oxygen atoms in total. The minimum Gasteiger partial charge on any atom is -0.352 e. The van der Waals surface area contributed by atoms with E-state index in [1.807, 2.05) is 37.3 Å². The molecule has 0 aliphatic heterocycles. The fourth-order valence-electron chi connectivity index (χ4n) is 2.44. The van der Waals surface area contributed by atoms with Crippen LogP contribution in [0.2, 0.25) is 0 Å². The van der Waals surface area contributed by atoms with Crippen molar-refractivity contribution in [2.45, 2.75) is 31.7 Å². The van der Waals surface area contributed by atoms with Gasteiger partial charge in [-0.05, 0) is 30.2 Å². The van der Waals surface area contributed by atoms with E-state index in [-0.39, 0.29) is 10.8 Å². The van der Waals surface area contributed by atoms with Gasteiger partial charge in [0.1, 0.15) is 0 Å². The second-order valence-corrected chi connectivity index (χ2v) is 7.64. The van der Waals surface area contributed by atoms with Crippen molar-refractivity contribution in [1.82, 2.24) is 9.62 Å².